The third kappa shape index (κ3) is 3.11. The molecule has 19 heavy (non-hydrogen) atoms. The first-order valence-electron chi connectivity index (χ1n) is 6.96. The van der Waals surface area contributed by atoms with E-state index in [-0.39, 0.29) is 5.91 Å². The average molecular weight is 280 g/mol. The molecule has 0 N–H and O–H groups in total. The molecule has 104 valence electrons. The minimum absolute atomic E-state index is 0.228. The number of benzene rings is 1. The Morgan fingerprint density at radius 3 is 2.37 bits per heavy atom. The molecule has 2 nitrogen and oxygen atoms in total. The average Bonchev–Trinajstić information content (AvgIpc) is 2.47. The van der Waals surface area contributed by atoms with Crippen LogP contribution in [0.4, 0.5) is 0 Å². The number of halogens is 1. The van der Waals surface area contributed by atoms with Gasteiger partial charge < -0.3 is 4.90 Å². The van der Waals surface area contributed by atoms with Crippen LogP contribution in [-0.2, 0) is 10.2 Å². The molecule has 1 fully saturated rings. The first kappa shape index (κ1) is 14.4. The summed E-state index contributed by atoms with van der Waals surface area (Å²) in [6.45, 7) is 5.70. The molecule has 0 saturated carbocycles. The van der Waals surface area contributed by atoms with Crippen molar-refractivity contribution < 1.29 is 4.79 Å². The van der Waals surface area contributed by atoms with E-state index in [1.807, 2.05) is 49.1 Å². The number of likely N-dealkylation sites (tertiary alicyclic amines) is 1. The highest BCUT2D eigenvalue weighted by Crippen LogP contribution is 2.28. The smallest absolute Gasteiger partial charge is 0.232 e. The minimum atomic E-state index is -0.449. The van der Waals surface area contributed by atoms with Crippen molar-refractivity contribution >= 4 is 17.5 Å². The van der Waals surface area contributed by atoms with E-state index in [1.165, 1.54) is 0 Å². The van der Waals surface area contributed by atoms with Crippen molar-refractivity contribution in [1.29, 1.82) is 0 Å². The fourth-order valence-corrected chi connectivity index (χ4v) is 2.97. The lowest BCUT2D eigenvalue weighted by Gasteiger charge is -2.36. The molecular weight excluding hydrogens is 258 g/mol. The van der Waals surface area contributed by atoms with Crippen LogP contribution in [0.2, 0.25) is 0 Å². The lowest BCUT2D eigenvalue weighted by atomic mass is 9.82. The van der Waals surface area contributed by atoms with E-state index in [1.54, 1.807) is 0 Å². The van der Waals surface area contributed by atoms with Crippen LogP contribution in [0.1, 0.15) is 32.3 Å². The number of hydrogen-bond acceptors (Lipinski definition) is 1. The van der Waals surface area contributed by atoms with E-state index in [9.17, 15) is 4.79 Å². The van der Waals surface area contributed by atoms with Gasteiger partial charge >= 0.3 is 0 Å². The highest BCUT2D eigenvalue weighted by atomic mass is 35.5. The maximum Gasteiger partial charge on any atom is 0.232 e. The summed E-state index contributed by atoms with van der Waals surface area (Å²) in [5, 5.41) is 0. The van der Waals surface area contributed by atoms with E-state index < -0.39 is 5.41 Å². The van der Waals surface area contributed by atoms with Crippen molar-refractivity contribution in [1.82, 2.24) is 4.90 Å². The van der Waals surface area contributed by atoms with Crippen molar-refractivity contribution in [2.45, 2.75) is 32.1 Å². The fourth-order valence-electron chi connectivity index (χ4n) is 2.66. The van der Waals surface area contributed by atoms with Gasteiger partial charge in [-0.25, -0.2) is 0 Å². The Hall–Kier alpha value is -1.02. The monoisotopic (exact) mass is 279 g/mol. The van der Waals surface area contributed by atoms with Gasteiger partial charge in [-0.1, -0.05) is 30.3 Å². The van der Waals surface area contributed by atoms with E-state index in [0.29, 0.717) is 11.8 Å². The number of rotatable bonds is 3. The Morgan fingerprint density at radius 2 is 1.84 bits per heavy atom. The zero-order chi connectivity index (χ0) is 13.9. The quantitative estimate of drug-likeness (QED) is 0.776. The minimum Gasteiger partial charge on any atom is -0.342 e. The zero-order valence-electron chi connectivity index (χ0n) is 11.7. The van der Waals surface area contributed by atoms with Crippen LogP contribution in [0.3, 0.4) is 0 Å². The van der Waals surface area contributed by atoms with Crippen molar-refractivity contribution in [2.24, 2.45) is 5.92 Å². The van der Waals surface area contributed by atoms with E-state index in [2.05, 4.69) is 0 Å². The Bertz CT molecular complexity index is 422. The molecule has 3 heteroatoms. The van der Waals surface area contributed by atoms with Crippen molar-refractivity contribution in [3.8, 4) is 0 Å². The Labute approximate surface area is 120 Å². The van der Waals surface area contributed by atoms with Gasteiger partial charge in [0.25, 0.3) is 0 Å². The van der Waals surface area contributed by atoms with E-state index >= 15 is 0 Å². The van der Waals surface area contributed by atoms with Gasteiger partial charge in [0, 0.05) is 19.0 Å². The number of nitrogens with zero attached hydrogens (tertiary/aromatic N) is 1. The number of carbonyl (C=O) groups is 1. The van der Waals surface area contributed by atoms with Crippen molar-refractivity contribution in [3.63, 3.8) is 0 Å². The number of amides is 1. The highest BCUT2D eigenvalue weighted by Gasteiger charge is 2.35. The molecule has 1 heterocycles. The molecule has 1 amide bonds. The summed E-state index contributed by atoms with van der Waals surface area (Å²) in [5.41, 5.74) is 0.633. The summed E-state index contributed by atoms with van der Waals surface area (Å²) >= 11 is 5.89. The Balaban J connectivity index is 2.07. The highest BCUT2D eigenvalue weighted by molar-refractivity contribution is 6.18. The molecule has 1 saturated heterocycles. The number of alkyl halides is 1. The Kier molecular flexibility index (Phi) is 4.51. The largest absolute Gasteiger partial charge is 0.342 e. The lowest BCUT2D eigenvalue weighted by Crippen LogP contribution is -2.47. The molecule has 0 bridgehead atoms. The number of piperidine rings is 1. The van der Waals surface area contributed by atoms with Crippen molar-refractivity contribution in [3.05, 3.63) is 35.9 Å². The predicted molar refractivity (Wildman–Crippen MR) is 79.5 cm³/mol. The van der Waals surface area contributed by atoms with Crippen LogP contribution >= 0.6 is 11.6 Å². The predicted octanol–water partition coefficient (Wildman–Crippen LogP) is 3.44. The topological polar surface area (TPSA) is 20.3 Å². The molecule has 0 spiro atoms. The van der Waals surface area contributed by atoms with Crippen LogP contribution in [0, 0.1) is 5.92 Å². The van der Waals surface area contributed by atoms with Crippen LogP contribution in [0.5, 0.6) is 0 Å². The first-order valence-corrected chi connectivity index (χ1v) is 7.50. The molecule has 0 unspecified atom stereocenters. The second-order valence-corrected chi connectivity index (χ2v) is 6.19. The first-order chi connectivity index (χ1) is 9.05. The van der Waals surface area contributed by atoms with Crippen LogP contribution < -0.4 is 0 Å². The molecule has 2 rings (SSSR count). The molecule has 1 aliphatic heterocycles. The van der Waals surface area contributed by atoms with E-state index in [0.717, 1.165) is 31.5 Å². The van der Waals surface area contributed by atoms with Gasteiger partial charge in [0.05, 0.1) is 5.41 Å². The molecule has 0 radical (unpaired) electrons. The van der Waals surface area contributed by atoms with Gasteiger partial charge in [0.15, 0.2) is 0 Å². The van der Waals surface area contributed by atoms with Gasteiger partial charge in [-0.05, 0) is 38.2 Å². The van der Waals surface area contributed by atoms with Crippen LogP contribution in [0.15, 0.2) is 30.3 Å². The fraction of sp³-hybridized carbons (Fsp3) is 0.562. The standard InChI is InChI=1S/C16H22ClNO/c1-16(2,14-6-4-3-5-7-14)15(19)18-10-8-13(12-17)9-11-18/h3-7,13H,8-12H2,1-2H3. The van der Waals surface area contributed by atoms with Crippen LogP contribution in [0.25, 0.3) is 0 Å². The third-order valence-electron chi connectivity index (χ3n) is 4.15. The molecule has 0 atom stereocenters. The second kappa shape index (κ2) is 5.96. The molecule has 0 aliphatic carbocycles. The summed E-state index contributed by atoms with van der Waals surface area (Å²) in [4.78, 5) is 14.7. The molecule has 1 aromatic carbocycles. The number of carbonyl (C=O) groups excluding carboxylic acids is 1. The summed E-state index contributed by atoms with van der Waals surface area (Å²) in [5.74, 6) is 1.52. The van der Waals surface area contributed by atoms with Gasteiger partial charge in [-0.3, -0.25) is 4.79 Å². The maximum absolute atomic E-state index is 12.7. The summed E-state index contributed by atoms with van der Waals surface area (Å²) in [6.07, 6.45) is 2.06. The third-order valence-corrected chi connectivity index (χ3v) is 4.59. The number of hydrogen-bond donors (Lipinski definition) is 0. The SMILES string of the molecule is CC(C)(C(=O)N1CCC(CCl)CC1)c1ccccc1. The van der Waals surface area contributed by atoms with Gasteiger partial charge in [-0.2, -0.15) is 0 Å². The molecular formula is C16H22ClNO. The van der Waals surface area contributed by atoms with Gasteiger partial charge in [-0.15, -0.1) is 11.6 Å². The van der Waals surface area contributed by atoms with Gasteiger partial charge in [0.1, 0.15) is 0 Å². The van der Waals surface area contributed by atoms with Crippen molar-refractivity contribution in [2.75, 3.05) is 19.0 Å². The van der Waals surface area contributed by atoms with Gasteiger partial charge in [0.2, 0.25) is 5.91 Å². The Morgan fingerprint density at radius 1 is 1.26 bits per heavy atom. The molecule has 1 aromatic rings. The maximum atomic E-state index is 12.7. The second-order valence-electron chi connectivity index (χ2n) is 5.88. The van der Waals surface area contributed by atoms with E-state index in [4.69, 9.17) is 11.6 Å². The summed E-state index contributed by atoms with van der Waals surface area (Å²) in [6, 6.07) is 10.0. The summed E-state index contributed by atoms with van der Waals surface area (Å²) in [7, 11) is 0. The zero-order valence-corrected chi connectivity index (χ0v) is 12.5. The van der Waals surface area contributed by atoms with Crippen LogP contribution in [-0.4, -0.2) is 29.8 Å². The summed E-state index contributed by atoms with van der Waals surface area (Å²) < 4.78 is 0. The molecule has 1 aliphatic rings. The normalized spacial score (nSPS) is 17.5. The lowest BCUT2D eigenvalue weighted by molar-refractivity contribution is -0.137. The molecule has 0 aromatic heterocycles.